The first kappa shape index (κ1) is 30.4. The Bertz CT molecular complexity index is 1830. The molecule has 1 aliphatic rings. The van der Waals surface area contributed by atoms with Gasteiger partial charge < -0.3 is 15.7 Å². The second-order valence-corrected chi connectivity index (χ2v) is 11.3. The number of nitriles is 1. The molecule has 3 N–H and O–H groups in total. The van der Waals surface area contributed by atoms with Crippen LogP contribution in [0.3, 0.4) is 0 Å². The third kappa shape index (κ3) is 7.00. The number of nitrogens with zero attached hydrogens (tertiary/aromatic N) is 8. The number of urea groups is 1. The quantitative estimate of drug-likeness (QED) is 0.211. The van der Waals surface area contributed by atoms with Gasteiger partial charge in [-0.3, -0.25) is 14.6 Å². The third-order valence-electron chi connectivity index (χ3n) is 8.09. The van der Waals surface area contributed by atoms with Crippen molar-refractivity contribution in [3.8, 4) is 28.5 Å². The zero-order valence-electron chi connectivity index (χ0n) is 25.4. The number of hydrogen-bond acceptors (Lipinski definition) is 9. The Morgan fingerprint density at radius 3 is 2.50 bits per heavy atom. The van der Waals surface area contributed by atoms with Gasteiger partial charge in [0.2, 0.25) is 5.95 Å². The molecule has 0 bridgehead atoms. The second kappa shape index (κ2) is 14.0. The highest BCUT2D eigenvalue weighted by Gasteiger charge is 2.31. The summed E-state index contributed by atoms with van der Waals surface area (Å²) in [4.78, 5) is 33.4. The van der Waals surface area contributed by atoms with Crippen molar-refractivity contribution in [1.82, 2.24) is 35.0 Å². The lowest BCUT2D eigenvalue weighted by Crippen LogP contribution is -2.49. The van der Waals surface area contributed by atoms with Gasteiger partial charge in [0, 0.05) is 67.2 Å². The summed E-state index contributed by atoms with van der Waals surface area (Å²) >= 11 is 0. The minimum atomic E-state index is -0.194. The highest BCUT2D eigenvalue weighted by atomic mass is 16.3. The molecule has 0 spiro atoms. The highest BCUT2D eigenvalue weighted by molar-refractivity contribution is 5.91. The van der Waals surface area contributed by atoms with E-state index in [2.05, 4.69) is 36.8 Å². The molecule has 232 valence electrons. The molecule has 1 fully saturated rings. The fourth-order valence-electron chi connectivity index (χ4n) is 5.70. The normalized spacial score (nSPS) is 15.9. The molecule has 0 unspecified atom stereocenters. The summed E-state index contributed by atoms with van der Waals surface area (Å²) in [6, 6.07) is 17.4. The van der Waals surface area contributed by atoms with E-state index in [-0.39, 0.29) is 24.7 Å². The largest absolute Gasteiger partial charge is 0.392 e. The van der Waals surface area contributed by atoms with E-state index in [1.165, 1.54) is 6.20 Å². The number of hydrogen-bond donors (Lipinski definition) is 3. The van der Waals surface area contributed by atoms with E-state index >= 15 is 0 Å². The van der Waals surface area contributed by atoms with Crippen molar-refractivity contribution in [2.45, 2.75) is 50.9 Å². The van der Waals surface area contributed by atoms with Crippen LogP contribution in [0, 0.1) is 11.3 Å². The summed E-state index contributed by atoms with van der Waals surface area (Å²) in [6.07, 6.45) is 13.2. The summed E-state index contributed by atoms with van der Waals surface area (Å²) in [5.41, 5.74) is 4.95. The van der Waals surface area contributed by atoms with E-state index in [4.69, 9.17) is 4.98 Å². The van der Waals surface area contributed by atoms with Crippen LogP contribution in [-0.4, -0.2) is 52.9 Å². The molecule has 0 radical (unpaired) electrons. The minimum Gasteiger partial charge on any atom is -0.392 e. The lowest BCUT2D eigenvalue weighted by Gasteiger charge is -2.36. The zero-order chi connectivity index (χ0) is 31.9. The van der Waals surface area contributed by atoms with Crippen LogP contribution in [0.15, 0.2) is 85.7 Å². The molecule has 2 amide bonds. The maximum Gasteiger partial charge on any atom is 0.323 e. The van der Waals surface area contributed by atoms with Gasteiger partial charge in [0.1, 0.15) is 11.9 Å². The molecule has 1 aliphatic carbocycles. The number of carbonyl (C=O) groups is 1. The molecule has 0 saturated heterocycles. The fourth-order valence-corrected chi connectivity index (χ4v) is 5.70. The van der Waals surface area contributed by atoms with Crippen LogP contribution in [-0.2, 0) is 20.2 Å². The van der Waals surface area contributed by atoms with E-state index in [0.717, 1.165) is 42.4 Å². The van der Waals surface area contributed by atoms with Crippen LogP contribution in [0.5, 0.6) is 0 Å². The molecular weight excluding hydrogens is 580 g/mol. The van der Waals surface area contributed by atoms with Crippen LogP contribution < -0.4 is 15.5 Å². The van der Waals surface area contributed by atoms with Crippen LogP contribution >= 0.6 is 0 Å². The number of aliphatic hydroxyl groups excluding tert-OH is 1. The average Bonchev–Trinajstić information content (AvgIpc) is 3.55. The molecule has 1 aromatic carbocycles. The Morgan fingerprint density at radius 2 is 1.80 bits per heavy atom. The number of nitrogens with one attached hydrogen (secondary N) is 2. The Hall–Kier alpha value is -5.67. The highest BCUT2D eigenvalue weighted by Crippen LogP contribution is 2.30. The van der Waals surface area contributed by atoms with Gasteiger partial charge in [0.15, 0.2) is 0 Å². The first-order chi connectivity index (χ1) is 22.5. The van der Waals surface area contributed by atoms with Crippen molar-refractivity contribution in [3.05, 3.63) is 102 Å². The van der Waals surface area contributed by atoms with Crippen molar-refractivity contribution >= 4 is 17.8 Å². The number of anilines is 2. The smallest absolute Gasteiger partial charge is 0.323 e. The lowest BCUT2D eigenvalue weighted by molar-refractivity contribution is 0.240. The second-order valence-electron chi connectivity index (χ2n) is 11.3. The lowest BCUT2D eigenvalue weighted by atomic mass is 9.90. The molecular formula is C34H34N10O2. The number of carbonyl (C=O) groups excluding carboxylic acids is 1. The molecule has 4 aromatic heterocycles. The number of aryl methyl sites for hydroxylation is 1. The molecule has 5 aromatic rings. The van der Waals surface area contributed by atoms with Gasteiger partial charge in [0.25, 0.3) is 0 Å². The number of rotatable bonds is 9. The van der Waals surface area contributed by atoms with Crippen molar-refractivity contribution in [1.29, 1.82) is 5.26 Å². The Morgan fingerprint density at radius 1 is 0.978 bits per heavy atom. The molecule has 4 heterocycles. The van der Waals surface area contributed by atoms with E-state index in [0.29, 0.717) is 40.7 Å². The van der Waals surface area contributed by atoms with Gasteiger partial charge in [-0.1, -0.05) is 30.3 Å². The van der Waals surface area contributed by atoms with E-state index in [1.807, 2.05) is 55.7 Å². The monoisotopic (exact) mass is 614 g/mol. The molecule has 0 aliphatic heterocycles. The van der Waals surface area contributed by atoms with Gasteiger partial charge >= 0.3 is 6.03 Å². The number of aliphatic hydroxyl groups is 1. The zero-order valence-corrected chi connectivity index (χ0v) is 25.4. The molecule has 12 nitrogen and oxygen atoms in total. The van der Waals surface area contributed by atoms with Gasteiger partial charge in [0.05, 0.1) is 30.3 Å². The van der Waals surface area contributed by atoms with Crippen LogP contribution in [0.4, 0.5) is 16.6 Å². The Kier molecular flexibility index (Phi) is 9.22. The van der Waals surface area contributed by atoms with Gasteiger partial charge in [-0.2, -0.15) is 10.4 Å². The maximum absolute atomic E-state index is 13.7. The van der Waals surface area contributed by atoms with Crippen molar-refractivity contribution in [2.75, 3.05) is 10.2 Å². The maximum atomic E-state index is 13.7. The summed E-state index contributed by atoms with van der Waals surface area (Å²) in [6.45, 7) is 0.254. The van der Waals surface area contributed by atoms with Crippen LogP contribution in [0.1, 0.15) is 42.4 Å². The minimum absolute atomic E-state index is 0.0599. The summed E-state index contributed by atoms with van der Waals surface area (Å²) < 4.78 is 1.74. The fraction of sp³-hybridized carbons (Fsp3) is 0.265. The van der Waals surface area contributed by atoms with E-state index in [1.54, 1.807) is 40.4 Å². The summed E-state index contributed by atoms with van der Waals surface area (Å²) in [5.74, 6) is 1.00. The Balaban J connectivity index is 1.17. The SMILES string of the molecule is Cn1cc(-c2ccc(N(C(=O)NCc3ccccc3)[C@H]3CC[C@H](Nc4ncc(C#N)c(-c5cncc(CO)c5)n4)CC3)nc2)cn1. The number of benzene rings is 1. The average molecular weight is 615 g/mol. The third-order valence-corrected chi connectivity index (χ3v) is 8.09. The van der Waals surface area contributed by atoms with Crippen molar-refractivity contribution < 1.29 is 9.90 Å². The summed E-state index contributed by atoms with van der Waals surface area (Å²) in [7, 11) is 1.87. The topological polar surface area (TPSA) is 158 Å². The van der Waals surface area contributed by atoms with E-state index in [9.17, 15) is 15.2 Å². The number of amides is 2. The van der Waals surface area contributed by atoms with Crippen LogP contribution in [0.2, 0.25) is 0 Å². The van der Waals surface area contributed by atoms with E-state index < -0.39 is 0 Å². The van der Waals surface area contributed by atoms with Crippen molar-refractivity contribution in [3.63, 3.8) is 0 Å². The first-order valence-corrected chi connectivity index (χ1v) is 15.2. The molecule has 1 saturated carbocycles. The molecule has 0 atom stereocenters. The van der Waals surface area contributed by atoms with Gasteiger partial charge in [-0.25, -0.2) is 19.7 Å². The standard InChI is InChI=1S/C34H34N10O2/c1-43-21-28(20-40-43)25-7-12-31(37-18-25)44(34(46)39-16-23-5-3-2-4-6-23)30-10-8-29(9-11-30)41-33-38-19-27(14-35)32(42-33)26-13-24(22-45)15-36-17-26/h2-7,12-13,15,17-21,29-30,45H,8-11,16,22H2,1H3,(H,39,46)(H,38,41,42)/t29-,30-. The Labute approximate surface area is 266 Å². The molecule has 46 heavy (non-hydrogen) atoms. The first-order valence-electron chi connectivity index (χ1n) is 15.2. The molecule has 12 heteroatoms. The van der Waals surface area contributed by atoms with Gasteiger partial charge in [-0.05, 0) is 55.0 Å². The summed E-state index contributed by atoms with van der Waals surface area (Å²) in [5, 5.41) is 29.9. The van der Waals surface area contributed by atoms with Gasteiger partial charge in [-0.15, -0.1) is 0 Å². The number of pyridine rings is 2. The van der Waals surface area contributed by atoms with Crippen LogP contribution in [0.25, 0.3) is 22.4 Å². The number of aromatic nitrogens is 6. The predicted molar refractivity (Wildman–Crippen MR) is 173 cm³/mol. The predicted octanol–water partition coefficient (Wildman–Crippen LogP) is 4.84. The molecule has 6 rings (SSSR count). The van der Waals surface area contributed by atoms with Crippen molar-refractivity contribution in [2.24, 2.45) is 7.05 Å².